The zero-order chi connectivity index (χ0) is 30.2. The Morgan fingerprint density at radius 3 is 2.10 bits per heavy atom. The Kier molecular flexibility index (Phi) is 11.2. The lowest BCUT2D eigenvalue weighted by Crippen LogP contribution is -2.52. The summed E-state index contributed by atoms with van der Waals surface area (Å²) in [4.78, 5) is 29.1. The van der Waals surface area contributed by atoms with E-state index in [1.807, 2.05) is 13.2 Å². The number of amides is 2. The van der Waals surface area contributed by atoms with Crippen LogP contribution in [0.3, 0.4) is 0 Å². The average Bonchev–Trinajstić information content (AvgIpc) is 2.95. The Bertz CT molecular complexity index is 1410. The molecule has 0 fully saturated rings. The van der Waals surface area contributed by atoms with Crippen molar-refractivity contribution in [3.63, 3.8) is 0 Å². The summed E-state index contributed by atoms with van der Waals surface area (Å²) in [7, 11) is -4.19. The number of halogens is 1. The highest BCUT2D eigenvalue weighted by atomic mass is 32.2. The quantitative estimate of drug-likeness (QED) is 0.275. The Labute approximate surface area is 245 Å². The van der Waals surface area contributed by atoms with Gasteiger partial charge in [-0.05, 0) is 100 Å². The topological polar surface area (TPSA) is 96.0 Å². The fraction of sp³-hybridized carbons (Fsp3) is 0.333. The molecule has 3 aromatic rings. The number of thioether (sulfide) groups is 1. The second-order valence-electron chi connectivity index (χ2n) is 9.60. The van der Waals surface area contributed by atoms with Crippen molar-refractivity contribution < 1.29 is 27.1 Å². The van der Waals surface area contributed by atoms with Crippen molar-refractivity contribution >= 4 is 39.3 Å². The molecule has 220 valence electrons. The van der Waals surface area contributed by atoms with Crippen LogP contribution in [-0.4, -0.2) is 56.6 Å². The summed E-state index contributed by atoms with van der Waals surface area (Å²) in [6, 6.07) is 17.3. The number of nitrogens with zero attached hydrogens (tertiary/aromatic N) is 2. The third-order valence-corrected chi connectivity index (χ3v) is 8.76. The van der Waals surface area contributed by atoms with E-state index in [9.17, 15) is 22.4 Å². The van der Waals surface area contributed by atoms with Crippen LogP contribution in [0.1, 0.15) is 33.3 Å². The number of anilines is 1. The lowest BCUT2D eigenvalue weighted by atomic mass is 10.1. The molecule has 0 aliphatic carbocycles. The van der Waals surface area contributed by atoms with Gasteiger partial charge in [-0.25, -0.2) is 12.8 Å². The number of carbonyl (C=O) groups excluding carboxylic acids is 2. The number of hydrogen-bond donors (Lipinski definition) is 1. The van der Waals surface area contributed by atoms with Gasteiger partial charge in [-0.2, -0.15) is 0 Å². The van der Waals surface area contributed by atoms with Crippen LogP contribution in [0, 0.1) is 5.82 Å². The Morgan fingerprint density at radius 2 is 1.56 bits per heavy atom. The smallest absolute Gasteiger partial charge is 0.264 e. The van der Waals surface area contributed by atoms with Crippen molar-refractivity contribution in [2.24, 2.45) is 0 Å². The van der Waals surface area contributed by atoms with Crippen LogP contribution in [-0.2, 0) is 26.2 Å². The third-order valence-electron chi connectivity index (χ3n) is 6.23. The van der Waals surface area contributed by atoms with E-state index in [4.69, 9.17) is 4.74 Å². The minimum atomic E-state index is -4.19. The predicted octanol–water partition coefficient (Wildman–Crippen LogP) is 5.08. The molecule has 1 atom stereocenters. The third kappa shape index (κ3) is 8.46. The maximum atomic E-state index is 13.9. The molecule has 0 aliphatic heterocycles. The van der Waals surface area contributed by atoms with E-state index in [0.717, 1.165) is 9.20 Å². The maximum Gasteiger partial charge on any atom is 0.264 e. The van der Waals surface area contributed by atoms with Crippen LogP contribution in [0.4, 0.5) is 10.1 Å². The van der Waals surface area contributed by atoms with E-state index >= 15 is 0 Å². The second kappa shape index (κ2) is 14.4. The fourth-order valence-electron chi connectivity index (χ4n) is 4.05. The van der Waals surface area contributed by atoms with Crippen LogP contribution in [0.5, 0.6) is 5.75 Å². The number of benzene rings is 3. The molecule has 41 heavy (non-hydrogen) atoms. The van der Waals surface area contributed by atoms with Crippen LogP contribution in [0.2, 0.25) is 0 Å². The maximum absolute atomic E-state index is 13.9. The molecule has 0 unspecified atom stereocenters. The van der Waals surface area contributed by atoms with E-state index in [0.29, 0.717) is 17.9 Å². The molecule has 0 heterocycles. The zero-order valence-corrected chi connectivity index (χ0v) is 25.5. The average molecular weight is 602 g/mol. The molecule has 0 saturated heterocycles. The van der Waals surface area contributed by atoms with Gasteiger partial charge in [-0.3, -0.25) is 13.9 Å². The lowest BCUT2D eigenvalue weighted by Gasteiger charge is -2.32. The molecule has 3 rings (SSSR count). The van der Waals surface area contributed by atoms with Gasteiger partial charge in [0.25, 0.3) is 10.0 Å². The van der Waals surface area contributed by atoms with Crippen LogP contribution >= 0.6 is 11.8 Å². The molecular weight excluding hydrogens is 565 g/mol. The van der Waals surface area contributed by atoms with Gasteiger partial charge in [0.1, 0.15) is 24.2 Å². The molecule has 0 radical (unpaired) electrons. The van der Waals surface area contributed by atoms with Crippen LogP contribution in [0.15, 0.2) is 82.6 Å². The highest BCUT2D eigenvalue weighted by Crippen LogP contribution is 2.28. The number of sulfonamides is 1. The largest absolute Gasteiger partial charge is 0.494 e. The lowest BCUT2D eigenvalue weighted by molar-refractivity contribution is -0.139. The van der Waals surface area contributed by atoms with Gasteiger partial charge < -0.3 is 15.0 Å². The van der Waals surface area contributed by atoms with Crippen LogP contribution < -0.4 is 14.4 Å². The minimum Gasteiger partial charge on any atom is -0.494 e. The summed E-state index contributed by atoms with van der Waals surface area (Å²) < 4.78 is 48.0. The van der Waals surface area contributed by atoms with E-state index < -0.39 is 40.2 Å². The molecule has 1 N–H and O–H groups in total. The highest BCUT2D eigenvalue weighted by molar-refractivity contribution is 7.98. The molecule has 0 saturated carbocycles. The van der Waals surface area contributed by atoms with Gasteiger partial charge in [0.05, 0.1) is 17.2 Å². The molecule has 8 nitrogen and oxygen atoms in total. The first-order valence-electron chi connectivity index (χ1n) is 13.2. The Morgan fingerprint density at radius 1 is 0.951 bits per heavy atom. The van der Waals surface area contributed by atoms with Crippen molar-refractivity contribution in [3.05, 3.63) is 84.2 Å². The molecule has 0 aromatic heterocycles. The van der Waals surface area contributed by atoms with Gasteiger partial charge in [-0.15, -0.1) is 11.8 Å². The van der Waals surface area contributed by atoms with E-state index in [2.05, 4.69) is 5.32 Å². The number of rotatable bonds is 13. The van der Waals surface area contributed by atoms with E-state index in [1.165, 1.54) is 53.1 Å². The van der Waals surface area contributed by atoms with E-state index in [1.54, 1.807) is 57.2 Å². The van der Waals surface area contributed by atoms with Crippen LogP contribution in [0.25, 0.3) is 0 Å². The van der Waals surface area contributed by atoms with Crippen molar-refractivity contribution in [1.82, 2.24) is 10.2 Å². The van der Waals surface area contributed by atoms with Crippen molar-refractivity contribution in [3.8, 4) is 5.75 Å². The fourth-order valence-corrected chi connectivity index (χ4v) is 5.88. The molecule has 3 aromatic carbocycles. The molecule has 0 spiro atoms. The molecule has 0 aliphatic rings. The number of nitrogens with one attached hydrogen (secondary N) is 1. The van der Waals surface area contributed by atoms with Gasteiger partial charge in [0.2, 0.25) is 11.8 Å². The van der Waals surface area contributed by atoms with Gasteiger partial charge >= 0.3 is 0 Å². The Balaban J connectivity index is 2.03. The number of carbonyl (C=O) groups is 2. The summed E-state index contributed by atoms with van der Waals surface area (Å²) in [6.45, 7) is 6.88. The van der Waals surface area contributed by atoms with Crippen molar-refractivity contribution in [1.29, 1.82) is 0 Å². The molecule has 2 amide bonds. The van der Waals surface area contributed by atoms with Gasteiger partial charge in [0, 0.05) is 17.5 Å². The summed E-state index contributed by atoms with van der Waals surface area (Å²) in [6.07, 6.45) is 1.89. The standard InChI is InChI=1S/C30H36FN3O5S2/c1-6-39-26-13-11-25(12-14-26)34(41(37,38)28-17-15-27(40-5)16-18-28)20-29(35)33(22(4)30(36)32-21(2)3)19-23-7-9-24(31)10-8-23/h7-18,21-22H,6,19-20H2,1-5H3,(H,32,36)/t22-/m1/s1. The SMILES string of the molecule is CCOc1ccc(N(CC(=O)N(Cc2ccc(F)cc2)[C@H](C)C(=O)NC(C)C)S(=O)(=O)c2ccc(SC)cc2)cc1. The van der Waals surface area contributed by atoms with Gasteiger partial charge in [0.15, 0.2) is 0 Å². The molecule has 11 heteroatoms. The second-order valence-corrected chi connectivity index (χ2v) is 12.3. The highest BCUT2D eigenvalue weighted by Gasteiger charge is 2.32. The first kappa shape index (κ1) is 32.0. The summed E-state index contributed by atoms with van der Waals surface area (Å²) >= 11 is 1.48. The van der Waals surface area contributed by atoms with Crippen molar-refractivity contribution in [2.45, 2.75) is 56.1 Å². The summed E-state index contributed by atoms with van der Waals surface area (Å²) in [5, 5.41) is 2.80. The summed E-state index contributed by atoms with van der Waals surface area (Å²) in [5.41, 5.74) is 0.851. The van der Waals surface area contributed by atoms with Gasteiger partial charge in [-0.1, -0.05) is 12.1 Å². The number of ether oxygens (including phenoxy) is 1. The monoisotopic (exact) mass is 601 g/mol. The number of hydrogen-bond acceptors (Lipinski definition) is 6. The predicted molar refractivity (Wildman–Crippen MR) is 160 cm³/mol. The first-order valence-corrected chi connectivity index (χ1v) is 15.9. The van der Waals surface area contributed by atoms with E-state index in [-0.39, 0.29) is 23.2 Å². The summed E-state index contributed by atoms with van der Waals surface area (Å²) in [5.74, 6) is -0.865. The van der Waals surface area contributed by atoms with Crippen molar-refractivity contribution in [2.75, 3.05) is 23.7 Å². The minimum absolute atomic E-state index is 0.0210. The molecule has 0 bridgehead atoms. The molecular formula is C30H36FN3O5S2. The normalized spacial score (nSPS) is 12.1. The Hall–Kier alpha value is -3.57. The zero-order valence-electron chi connectivity index (χ0n) is 23.8. The first-order chi connectivity index (χ1) is 19.5.